The Morgan fingerprint density at radius 1 is 1.75 bits per heavy atom. The molecule has 1 aliphatic rings. The molecule has 1 saturated carbocycles. The van der Waals surface area contributed by atoms with Crippen LogP contribution in [0.2, 0.25) is 0 Å². The zero-order valence-corrected chi connectivity index (χ0v) is 5.02. The molecule has 0 saturated heterocycles. The number of nitrogens with one attached hydrogen (secondary N) is 1. The zero-order valence-electron chi connectivity index (χ0n) is 5.02. The third-order valence-corrected chi connectivity index (χ3v) is 1.61. The summed E-state index contributed by atoms with van der Waals surface area (Å²) in [6.07, 6.45) is 1.56. The van der Waals surface area contributed by atoms with Crippen LogP contribution in [0.15, 0.2) is 0 Å². The number of hydrogen-bond donors (Lipinski definition) is 3. The predicted octanol–water partition coefficient (Wildman–Crippen LogP) is -0.637. The molecule has 4 N–H and O–H groups in total. The van der Waals surface area contributed by atoms with E-state index in [4.69, 9.17) is 10.9 Å². The average Bonchev–Trinajstić information content (AvgIpc) is 1.60. The number of nitrogens with two attached hydrogens (primary N) is 1. The van der Waals surface area contributed by atoms with Crippen LogP contribution in [-0.4, -0.2) is 16.7 Å². The molecule has 0 unspecified atom stereocenters. The van der Waals surface area contributed by atoms with Crippen molar-refractivity contribution in [2.24, 2.45) is 5.84 Å². The molecule has 0 aromatic rings. The van der Waals surface area contributed by atoms with Crippen molar-refractivity contribution in [1.82, 2.24) is 5.43 Å². The van der Waals surface area contributed by atoms with E-state index >= 15 is 0 Å². The Labute approximate surface area is 48.8 Å². The predicted molar refractivity (Wildman–Crippen MR) is 31.0 cm³/mol. The Bertz CT molecular complexity index is 84.4. The van der Waals surface area contributed by atoms with Crippen molar-refractivity contribution in [2.45, 2.75) is 31.4 Å². The van der Waals surface area contributed by atoms with E-state index in [-0.39, 0.29) is 0 Å². The molecule has 0 aliphatic heterocycles. The molecule has 0 bridgehead atoms. The van der Waals surface area contributed by atoms with Crippen LogP contribution in [0.3, 0.4) is 0 Å². The normalized spacial score (nSPS) is 46.1. The molecular weight excluding hydrogens is 104 g/mol. The van der Waals surface area contributed by atoms with Gasteiger partial charge in [-0.3, -0.25) is 11.3 Å². The van der Waals surface area contributed by atoms with Gasteiger partial charge >= 0.3 is 0 Å². The van der Waals surface area contributed by atoms with E-state index < -0.39 is 5.60 Å². The molecule has 3 heteroatoms. The highest BCUT2D eigenvalue weighted by molar-refractivity contribution is 4.93. The first kappa shape index (κ1) is 6.01. The molecule has 8 heavy (non-hydrogen) atoms. The molecule has 0 spiro atoms. The van der Waals surface area contributed by atoms with Crippen LogP contribution < -0.4 is 11.3 Å². The van der Waals surface area contributed by atoms with Gasteiger partial charge in [0.05, 0.1) is 5.60 Å². The minimum absolute atomic E-state index is 0.338. The van der Waals surface area contributed by atoms with Crippen LogP contribution in [0.25, 0.3) is 0 Å². The lowest BCUT2D eigenvalue weighted by Crippen LogP contribution is -2.53. The van der Waals surface area contributed by atoms with Crippen molar-refractivity contribution in [2.75, 3.05) is 0 Å². The number of hydrazine groups is 1. The SMILES string of the molecule is C[C@]1(O)C[C@@H](NN)C1. The van der Waals surface area contributed by atoms with E-state index in [0.29, 0.717) is 6.04 Å². The first-order valence-corrected chi connectivity index (χ1v) is 2.82. The van der Waals surface area contributed by atoms with E-state index in [1.807, 2.05) is 6.92 Å². The third-order valence-electron chi connectivity index (χ3n) is 1.61. The van der Waals surface area contributed by atoms with Gasteiger partial charge < -0.3 is 5.11 Å². The maximum atomic E-state index is 9.12. The van der Waals surface area contributed by atoms with Crippen LogP contribution >= 0.6 is 0 Å². The summed E-state index contributed by atoms with van der Waals surface area (Å²) in [6.45, 7) is 1.82. The Kier molecular flexibility index (Phi) is 1.27. The second-order valence-corrected chi connectivity index (χ2v) is 2.77. The van der Waals surface area contributed by atoms with Crippen molar-refractivity contribution < 1.29 is 5.11 Å². The van der Waals surface area contributed by atoms with Gasteiger partial charge in [-0.15, -0.1) is 0 Å². The summed E-state index contributed by atoms with van der Waals surface area (Å²) in [7, 11) is 0. The van der Waals surface area contributed by atoms with Crippen molar-refractivity contribution in [3.8, 4) is 0 Å². The summed E-state index contributed by atoms with van der Waals surface area (Å²) < 4.78 is 0. The highest BCUT2D eigenvalue weighted by atomic mass is 16.3. The van der Waals surface area contributed by atoms with E-state index in [1.54, 1.807) is 0 Å². The second-order valence-electron chi connectivity index (χ2n) is 2.77. The van der Waals surface area contributed by atoms with Gasteiger partial charge in [0.2, 0.25) is 0 Å². The van der Waals surface area contributed by atoms with Gasteiger partial charge in [0.1, 0.15) is 0 Å². The first-order chi connectivity index (χ1) is 3.64. The quantitative estimate of drug-likeness (QED) is 0.315. The van der Waals surface area contributed by atoms with Crippen molar-refractivity contribution in [3.63, 3.8) is 0 Å². The van der Waals surface area contributed by atoms with Crippen LogP contribution in [0.1, 0.15) is 19.8 Å². The summed E-state index contributed by atoms with van der Waals surface area (Å²) in [5.74, 6) is 5.09. The monoisotopic (exact) mass is 116 g/mol. The molecule has 3 nitrogen and oxygen atoms in total. The molecule has 1 aliphatic carbocycles. The van der Waals surface area contributed by atoms with E-state index in [0.717, 1.165) is 12.8 Å². The van der Waals surface area contributed by atoms with Crippen LogP contribution in [0.5, 0.6) is 0 Å². The lowest BCUT2D eigenvalue weighted by Gasteiger charge is -2.40. The number of rotatable bonds is 1. The smallest absolute Gasteiger partial charge is 0.0650 e. The molecule has 0 aromatic carbocycles. The van der Waals surface area contributed by atoms with Gasteiger partial charge in [-0.05, 0) is 19.8 Å². The highest BCUT2D eigenvalue weighted by Gasteiger charge is 2.37. The first-order valence-electron chi connectivity index (χ1n) is 2.82. The summed E-state index contributed by atoms with van der Waals surface area (Å²) in [4.78, 5) is 0. The molecule has 0 heterocycles. The molecule has 0 atom stereocenters. The lowest BCUT2D eigenvalue weighted by atomic mass is 9.78. The molecule has 0 radical (unpaired) electrons. The molecule has 0 amide bonds. The van der Waals surface area contributed by atoms with Crippen molar-refractivity contribution in [3.05, 3.63) is 0 Å². The Morgan fingerprint density at radius 2 is 2.25 bits per heavy atom. The zero-order chi connectivity index (χ0) is 6.20. The Morgan fingerprint density at radius 3 is 2.38 bits per heavy atom. The van der Waals surface area contributed by atoms with Crippen molar-refractivity contribution >= 4 is 0 Å². The van der Waals surface area contributed by atoms with Gasteiger partial charge in [0.25, 0.3) is 0 Å². The van der Waals surface area contributed by atoms with Gasteiger partial charge in [0.15, 0.2) is 0 Å². The Hall–Kier alpha value is -0.120. The van der Waals surface area contributed by atoms with E-state index in [1.165, 1.54) is 0 Å². The fraction of sp³-hybridized carbons (Fsp3) is 1.00. The topological polar surface area (TPSA) is 58.3 Å². The maximum Gasteiger partial charge on any atom is 0.0650 e. The summed E-state index contributed by atoms with van der Waals surface area (Å²) in [5, 5.41) is 9.12. The van der Waals surface area contributed by atoms with Crippen LogP contribution in [-0.2, 0) is 0 Å². The van der Waals surface area contributed by atoms with E-state index in [2.05, 4.69) is 5.43 Å². The molecule has 1 fully saturated rings. The second kappa shape index (κ2) is 1.69. The van der Waals surface area contributed by atoms with Gasteiger partial charge in [0, 0.05) is 6.04 Å². The highest BCUT2D eigenvalue weighted by Crippen LogP contribution is 2.30. The average molecular weight is 116 g/mol. The number of aliphatic hydroxyl groups is 1. The third kappa shape index (κ3) is 0.992. The standard InChI is InChI=1S/C5H12N2O/c1-5(8)2-4(3-5)7-6/h4,7-8H,2-3,6H2,1H3/t4-,5+. The van der Waals surface area contributed by atoms with E-state index in [9.17, 15) is 0 Å². The summed E-state index contributed by atoms with van der Waals surface area (Å²) >= 11 is 0. The fourth-order valence-corrected chi connectivity index (χ4v) is 1.12. The van der Waals surface area contributed by atoms with Gasteiger partial charge in [-0.2, -0.15) is 0 Å². The van der Waals surface area contributed by atoms with Gasteiger partial charge in [-0.1, -0.05) is 0 Å². The minimum Gasteiger partial charge on any atom is -0.390 e. The summed E-state index contributed by atoms with van der Waals surface area (Å²) in [5.41, 5.74) is 2.15. The van der Waals surface area contributed by atoms with Gasteiger partial charge in [-0.25, -0.2) is 0 Å². The van der Waals surface area contributed by atoms with Crippen LogP contribution in [0.4, 0.5) is 0 Å². The van der Waals surface area contributed by atoms with Crippen molar-refractivity contribution in [1.29, 1.82) is 0 Å². The maximum absolute atomic E-state index is 9.12. The van der Waals surface area contributed by atoms with Crippen LogP contribution in [0, 0.1) is 0 Å². The Balaban J connectivity index is 2.21. The largest absolute Gasteiger partial charge is 0.390 e. The fourth-order valence-electron chi connectivity index (χ4n) is 1.12. The molecule has 48 valence electrons. The molecular formula is C5H12N2O. The molecule has 0 aromatic heterocycles. The lowest BCUT2D eigenvalue weighted by molar-refractivity contribution is -0.0388. The molecule has 1 rings (SSSR count). The summed E-state index contributed by atoms with van der Waals surface area (Å²) in [6, 6.07) is 0.338. The number of hydrogen-bond acceptors (Lipinski definition) is 3. The minimum atomic E-state index is -0.447.